The zero-order chi connectivity index (χ0) is 14.4. The molecule has 0 heterocycles. The summed E-state index contributed by atoms with van der Waals surface area (Å²) in [5.74, 6) is -0.0548. The van der Waals surface area contributed by atoms with E-state index in [1.165, 1.54) is 0 Å². The molecule has 0 unspecified atom stereocenters. The molecule has 2 rings (SSSR count). The van der Waals surface area contributed by atoms with Crippen LogP contribution in [0, 0.1) is 3.57 Å². The molecule has 0 atom stereocenters. The van der Waals surface area contributed by atoms with Crippen LogP contribution in [0.2, 0.25) is 0 Å². The molecule has 0 spiro atoms. The van der Waals surface area contributed by atoms with Gasteiger partial charge in [0.2, 0.25) is 0 Å². The molecule has 0 bridgehead atoms. The maximum absolute atomic E-state index is 12.4. The van der Waals surface area contributed by atoms with Gasteiger partial charge in [0, 0.05) is 9.13 Å². The van der Waals surface area contributed by atoms with Gasteiger partial charge in [-0.15, -0.1) is 0 Å². The molecule has 0 aromatic heterocycles. The number of anilines is 1. The van der Waals surface area contributed by atoms with Gasteiger partial charge in [-0.25, -0.2) is 0 Å². The number of benzene rings is 2. The Balaban J connectivity index is 2.19. The highest BCUT2D eigenvalue weighted by atomic mass is 127. The summed E-state index contributed by atoms with van der Waals surface area (Å²) < 4.78 is 1.03. The zero-order valence-corrected chi connectivity index (χ0v) is 13.5. The van der Waals surface area contributed by atoms with Crippen molar-refractivity contribution in [3.05, 3.63) is 63.2 Å². The molecule has 0 aliphatic carbocycles. The Morgan fingerprint density at radius 1 is 1.10 bits per heavy atom. The van der Waals surface area contributed by atoms with E-state index >= 15 is 0 Å². The monoisotopic (exact) mass is 380 g/mol. The highest BCUT2D eigenvalue weighted by molar-refractivity contribution is 14.1. The molecular weight excluding hydrogens is 363 g/mol. The van der Waals surface area contributed by atoms with Crippen molar-refractivity contribution in [3.63, 3.8) is 0 Å². The van der Waals surface area contributed by atoms with E-state index in [-0.39, 0.29) is 5.91 Å². The largest absolute Gasteiger partial charge is 0.321 e. The third kappa shape index (κ3) is 3.80. The molecule has 3 nitrogen and oxygen atoms in total. The lowest BCUT2D eigenvalue weighted by Gasteiger charge is -2.11. The average molecular weight is 380 g/mol. The predicted molar refractivity (Wildman–Crippen MR) is 91.2 cm³/mol. The van der Waals surface area contributed by atoms with Crippen molar-refractivity contribution in [2.45, 2.75) is 6.42 Å². The second-order valence-corrected chi connectivity index (χ2v) is 5.61. The van der Waals surface area contributed by atoms with Crippen LogP contribution in [0.3, 0.4) is 0 Å². The Morgan fingerprint density at radius 3 is 2.55 bits per heavy atom. The Morgan fingerprint density at radius 2 is 1.80 bits per heavy atom. The molecule has 2 aromatic rings. The fourth-order valence-electron chi connectivity index (χ4n) is 1.97. The van der Waals surface area contributed by atoms with Crippen LogP contribution in [0.15, 0.2) is 48.5 Å². The number of likely N-dealkylation sites (N-methyl/N-ethyl adjacent to an activating group) is 1. The van der Waals surface area contributed by atoms with Crippen LogP contribution in [-0.4, -0.2) is 19.5 Å². The van der Waals surface area contributed by atoms with Crippen molar-refractivity contribution in [2.24, 2.45) is 0 Å². The van der Waals surface area contributed by atoms with Gasteiger partial charge >= 0.3 is 0 Å². The minimum Gasteiger partial charge on any atom is -0.321 e. The predicted octanol–water partition coefficient (Wildman–Crippen LogP) is 3.31. The second-order valence-electron chi connectivity index (χ2n) is 4.44. The summed E-state index contributed by atoms with van der Waals surface area (Å²) in [5.41, 5.74) is 2.65. The molecule has 1 amide bonds. The SMILES string of the molecule is CNCCc1ccccc1C(=O)Nc1ccccc1I. The first kappa shape index (κ1) is 15.0. The fraction of sp³-hybridized carbons (Fsp3) is 0.188. The van der Waals surface area contributed by atoms with Gasteiger partial charge in [-0.05, 0) is 66.4 Å². The number of nitrogens with one attached hydrogen (secondary N) is 2. The molecule has 0 saturated carbocycles. The molecule has 0 aliphatic rings. The summed E-state index contributed by atoms with van der Waals surface area (Å²) in [6.45, 7) is 0.854. The van der Waals surface area contributed by atoms with Crippen molar-refractivity contribution < 1.29 is 4.79 Å². The van der Waals surface area contributed by atoms with Crippen LogP contribution in [0.4, 0.5) is 5.69 Å². The van der Waals surface area contributed by atoms with Gasteiger partial charge in [0.25, 0.3) is 5.91 Å². The lowest BCUT2D eigenvalue weighted by Crippen LogP contribution is -2.17. The van der Waals surface area contributed by atoms with Gasteiger partial charge in [-0.3, -0.25) is 4.79 Å². The number of hydrogen-bond donors (Lipinski definition) is 2. The van der Waals surface area contributed by atoms with Crippen molar-refractivity contribution in [1.82, 2.24) is 5.32 Å². The molecule has 0 aliphatic heterocycles. The third-order valence-electron chi connectivity index (χ3n) is 3.03. The molecule has 104 valence electrons. The lowest BCUT2D eigenvalue weighted by atomic mass is 10.0. The topological polar surface area (TPSA) is 41.1 Å². The smallest absolute Gasteiger partial charge is 0.255 e. The highest BCUT2D eigenvalue weighted by Crippen LogP contribution is 2.19. The Labute approximate surface area is 132 Å². The van der Waals surface area contributed by atoms with E-state index in [1.807, 2.05) is 55.6 Å². The van der Waals surface area contributed by atoms with Crippen LogP contribution in [-0.2, 0) is 6.42 Å². The van der Waals surface area contributed by atoms with E-state index in [4.69, 9.17) is 0 Å². The first-order valence-corrected chi connectivity index (χ1v) is 7.58. The number of carbonyl (C=O) groups is 1. The number of carbonyl (C=O) groups excluding carboxylic acids is 1. The third-order valence-corrected chi connectivity index (χ3v) is 3.97. The Bertz CT molecular complexity index is 599. The number of rotatable bonds is 5. The minimum absolute atomic E-state index is 0.0548. The van der Waals surface area contributed by atoms with Crippen molar-refractivity contribution in [2.75, 3.05) is 18.9 Å². The number of para-hydroxylation sites is 1. The fourth-order valence-corrected chi connectivity index (χ4v) is 2.49. The number of hydrogen-bond acceptors (Lipinski definition) is 2. The summed E-state index contributed by atoms with van der Waals surface area (Å²) in [7, 11) is 1.91. The summed E-state index contributed by atoms with van der Waals surface area (Å²) in [6.07, 6.45) is 0.839. The van der Waals surface area contributed by atoms with Gasteiger partial charge < -0.3 is 10.6 Å². The molecule has 2 aromatic carbocycles. The molecule has 20 heavy (non-hydrogen) atoms. The summed E-state index contributed by atoms with van der Waals surface area (Å²) in [4.78, 5) is 12.4. The first-order chi connectivity index (χ1) is 9.72. The minimum atomic E-state index is -0.0548. The van der Waals surface area contributed by atoms with Gasteiger partial charge in [0.05, 0.1) is 5.69 Å². The van der Waals surface area contributed by atoms with E-state index in [0.29, 0.717) is 0 Å². The summed E-state index contributed by atoms with van der Waals surface area (Å²) >= 11 is 2.22. The van der Waals surface area contributed by atoms with E-state index < -0.39 is 0 Å². The van der Waals surface area contributed by atoms with E-state index in [9.17, 15) is 4.79 Å². The molecule has 2 N–H and O–H groups in total. The van der Waals surface area contributed by atoms with Gasteiger partial charge in [0.1, 0.15) is 0 Å². The quantitative estimate of drug-likeness (QED) is 0.782. The second kappa shape index (κ2) is 7.40. The maximum atomic E-state index is 12.4. The lowest BCUT2D eigenvalue weighted by molar-refractivity contribution is 0.102. The first-order valence-electron chi connectivity index (χ1n) is 6.50. The van der Waals surface area contributed by atoms with Crippen molar-refractivity contribution in [3.8, 4) is 0 Å². The van der Waals surface area contributed by atoms with Crippen LogP contribution in [0.1, 0.15) is 15.9 Å². The van der Waals surface area contributed by atoms with Crippen LogP contribution in [0.25, 0.3) is 0 Å². The van der Waals surface area contributed by atoms with E-state index in [2.05, 4.69) is 33.2 Å². The summed E-state index contributed by atoms with van der Waals surface area (Å²) in [5, 5.41) is 6.08. The van der Waals surface area contributed by atoms with Crippen LogP contribution < -0.4 is 10.6 Å². The average Bonchev–Trinajstić information content (AvgIpc) is 2.47. The zero-order valence-electron chi connectivity index (χ0n) is 11.3. The molecule has 0 fully saturated rings. The van der Waals surface area contributed by atoms with Crippen LogP contribution >= 0.6 is 22.6 Å². The van der Waals surface area contributed by atoms with Crippen molar-refractivity contribution in [1.29, 1.82) is 0 Å². The van der Waals surface area contributed by atoms with Gasteiger partial charge in [-0.1, -0.05) is 30.3 Å². The van der Waals surface area contributed by atoms with E-state index in [1.54, 1.807) is 0 Å². The Hall–Kier alpha value is -1.40. The molecule has 0 saturated heterocycles. The van der Waals surface area contributed by atoms with Gasteiger partial charge in [0.15, 0.2) is 0 Å². The number of amides is 1. The standard InChI is InChI=1S/C16H17IN2O/c1-18-11-10-12-6-2-3-7-13(12)16(20)19-15-9-5-4-8-14(15)17/h2-9,18H,10-11H2,1H3,(H,19,20). The Kier molecular flexibility index (Phi) is 5.55. The number of halogens is 1. The normalized spacial score (nSPS) is 10.3. The molecule has 0 radical (unpaired) electrons. The van der Waals surface area contributed by atoms with E-state index in [0.717, 1.165) is 33.4 Å². The molecule has 4 heteroatoms. The molecular formula is C16H17IN2O. The maximum Gasteiger partial charge on any atom is 0.255 e. The summed E-state index contributed by atoms with van der Waals surface area (Å²) in [6, 6.07) is 15.5. The van der Waals surface area contributed by atoms with Crippen molar-refractivity contribution >= 4 is 34.2 Å². The van der Waals surface area contributed by atoms with Crippen LogP contribution in [0.5, 0.6) is 0 Å². The highest BCUT2D eigenvalue weighted by Gasteiger charge is 2.11. The van der Waals surface area contributed by atoms with Gasteiger partial charge in [-0.2, -0.15) is 0 Å².